The van der Waals surface area contributed by atoms with Gasteiger partial charge in [-0.05, 0) is 19.9 Å². The van der Waals surface area contributed by atoms with E-state index in [1.807, 2.05) is 6.92 Å². The number of hydrogen-bond acceptors (Lipinski definition) is 5. The van der Waals surface area contributed by atoms with E-state index in [0.717, 1.165) is 0 Å². The molecule has 1 fully saturated rings. The van der Waals surface area contributed by atoms with E-state index in [-0.39, 0.29) is 11.2 Å². The fourth-order valence-electron chi connectivity index (χ4n) is 2.04. The molecule has 0 N–H and O–H groups in total. The molecule has 0 radical (unpaired) electrons. The summed E-state index contributed by atoms with van der Waals surface area (Å²) in [6.07, 6.45) is 1.88. The minimum Gasteiger partial charge on any atom is -0.462 e. The van der Waals surface area contributed by atoms with Crippen LogP contribution >= 0.6 is 12.6 Å². The number of ether oxygens (including phenoxy) is 1. The second kappa shape index (κ2) is 5.61. The molecule has 1 amide bonds. The molecule has 0 saturated carbocycles. The van der Waals surface area contributed by atoms with Crippen molar-refractivity contribution in [2.75, 3.05) is 18.1 Å². The predicted molar refractivity (Wildman–Crippen MR) is 74.7 cm³/mol. The lowest BCUT2D eigenvalue weighted by Crippen LogP contribution is -2.26. The van der Waals surface area contributed by atoms with Crippen LogP contribution in [0.2, 0.25) is 0 Å². The second-order valence-electron chi connectivity index (χ2n) is 4.41. The zero-order valence-corrected chi connectivity index (χ0v) is 11.8. The summed E-state index contributed by atoms with van der Waals surface area (Å²) in [7, 11) is 0. The maximum absolute atomic E-state index is 11.9. The smallest absolute Gasteiger partial charge is 0.339 e. The highest BCUT2D eigenvalue weighted by Crippen LogP contribution is 2.27. The topological polar surface area (TPSA) is 59.5 Å². The molecular formula is C13H16N2O3S. The van der Waals surface area contributed by atoms with E-state index in [1.165, 1.54) is 6.20 Å². The maximum Gasteiger partial charge on any atom is 0.339 e. The van der Waals surface area contributed by atoms with Crippen molar-refractivity contribution in [3.8, 4) is 0 Å². The van der Waals surface area contributed by atoms with Gasteiger partial charge in [0.05, 0.1) is 23.6 Å². The van der Waals surface area contributed by atoms with E-state index in [0.29, 0.717) is 36.5 Å². The van der Waals surface area contributed by atoms with Crippen LogP contribution in [0, 0.1) is 6.92 Å². The first kappa shape index (κ1) is 13.9. The lowest BCUT2D eigenvalue weighted by atomic mass is 10.2. The van der Waals surface area contributed by atoms with Crippen molar-refractivity contribution in [3.63, 3.8) is 0 Å². The summed E-state index contributed by atoms with van der Waals surface area (Å²) in [6, 6.07) is 1.66. The number of thiol groups is 1. The SMILES string of the molecule is CCOC(=O)c1cnc(C)c(N2CC(S)CC2=O)c1. The number of aryl methyl sites for hydroxylation is 1. The number of anilines is 1. The predicted octanol–water partition coefficient (Wildman–Crippen LogP) is 1.60. The van der Waals surface area contributed by atoms with Crippen molar-refractivity contribution in [1.29, 1.82) is 0 Å². The molecule has 19 heavy (non-hydrogen) atoms. The first-order chi connectivity index (χ1) is 9.02. The zero-order valence-electron chi connectivity index (χ0n) is 10.9. The van der Waals surface area contributed by atoms with Crippen LogP contribution in [0.4, 0.5) is 5.69 Å². The Labute approximate surface area is 117 Å². The molecule has 2 heterocycles. The molecule has 0 aromatic carbocycles. The van der Waals surface area contributed by atoms with Crippen molar-refractivity contribution in [1.82, 2.24) is 4.98 Å². The number of amides is 1. The van der Waals surface area contributed by atoms with Crippen molar-refractivity contribution in [2.45, 2.75) is 25.5 Å². The Hall–Kier alpha value is -1.56. The van der Waals surface area contributed by atoms with Crippen molar-refractivity contribution < 1.29 is 14.3 Å². The Morgan fingerprint density at radius 1 is 1.63 bits per heavy atom. The van der Waals surface area contributed by atoms with Crippen LogP contribution in [0.25, 0.3) is 0 Å². The fourth-order valence-corrected chi connectivity index (χ4v) is 2.36. The first-order valence-corrected chi connectivity index (χ1v) is 6.66. The van der Waals surface area contributed by atoms with Gasteiger partial charge in [-0.2, -0.15) is 12.6 Å². The van der Waals surface area contributed by atoms with Gasteiger partial charge >= 0.3 is 5.97 Å². The van der Waals surface area contributed by atoms with Gasteiger partial charge in [0.25, 0.3) is 0 Å². The number of pyridine rings is 1. The quantitative estimate of drug-likeness (QED) is 0.675. The van der Waals surface area contributed by atoms with E-state index in [2.05, 4.69) is 17.6 Å². The van der Waals surface area contributed by atoms with Crippen LogP contribution < -0.4 is 4.90 Å². The molecule has 0 spiro atoms. The highest BCUT2D eigenvalue weighted by Gasteiger charge is 2.30. The molecule has 6 heteroatoms. The number of rotatable bonds is 3. The zero-order chi connectivity index (χ0) is 14.0. The minimum absolute atomic E-state index is 0.00547. The standard InChI is InChI=1S/C13H16N2O3S/c1-3-18-13(17)9-4-11(8(2)14-6-9)15-7-10(19)5-12(15)16/h4,6,10,19H,3,5,7H2,1-2H3. The van der Waals surface area contributed by atoms with Gasteiger partial charge in [-0.3, -0.25) is 9.78 Å². The molecular weight excluding hydrogens is 264 g/mol. The summed E-state index contributed by atoms with van der Waals surface area (Å²) < 4.78 is 4.94. The van der Waals surface area contributed by atoms with E-state index in [4.69, 9.17) is 4.74 Å². The van der Waals surface area contributed by atoms with Crippen LogP contribution in [0.3, 0.4) is 0 Å². The lowest BCUT2D eigenvalue weighted by Gasteiger charge is -2.18. The molecule has 1 unspecified atom stereocenters. The highest BCUT2D eigenvalue weighted by atomic mass is 32.1. The van der Waals surface area contributed by atoms with Gasteiger partial charge in [-0.15, -0.1) is 0 Å². The second-order valence-corrected chi connectivity index (χ2v) is 5.14. The number of aromatic nitrogens is 1. The Balaban J connectivity index is 2.32. The number of esters is 1. The molecule has 1 aliphatic heterocycles. The van der Waals surface area contributed by atoms with Crippen LogP contribution in [0.1, 0.15) is 29.4 Å². The maximum atomic E-state index is 11.9. The molecule has 0 bridgehead atoms. The summed E-state index contributed by atoms with van der Waals surface area (Å²) in [5.74, 6) is -0.420. The van der Waals surface area contributed by atoms with Gasteiger partial charge in [-0.1, -0.05) is 0 Å². The molecule has 1 aliphatic rings. The van der Waals surface area contributed by atoms with Gasteiger partial charge in [-0.25, -0.2) is 4.79 Å². The lowest BCUT2D eigenvalue weighted by molar-refractivity contribution is -0.117. The number of nitrogens with zero attached hydrogens (tertiary/aromatic N) is 2. The van der Waals surface area contributed by atoms with Gasteiger partial charge in [0.1, 0.15) is 0 Å². The summed E-state index contributed by atoms with van der Waals surface area (Å²) in [4.78, 5) is 29.4. The largest absolute Gasteiger partial charge is 0.462 e. The molecule has 1 atom stereocenters. The van der Waals surface area contributed by atoms with Crippen LogP contribution in [0.15, 0.2) is 12.3 Å². The van der Waals surface area contributed by atoms with Gasteiger partial charge < -0.3 is 9.64 Å². The van der Waals surface area contributed by atoms with Crippen LogP contribution in [-0.2, 0) is 9.53 Å². The number of carbonyl (C=O) groups is 2. The average Bonchev–Trinajstić information content (AvgIpc) is 2.69. The molecule has 2 rings (SSSR count). The Bertz CT molecular complexity index is 519. The fraction of sp³-hybridized carbons (Fsp3) is 0.462. The first-order valence-electron chi connectivity index (χ1n) is 6.15. The summed E-state index contributed by atoms with van der Waals surface area (Å²) >= 11 is 4.32. The number of hydrogen-bond donors (Lipinski definition) is 1. The summed E-state index contributed by atoms with van der Waals surface area (Å²) in [6.45, 7) is 4.40. The minimum atomic E-state index is -0.426. The molecule has 0 aliphatic carbocycles. The van der Waals surface area contributed by atoms with E-state index < -0.39 is 5.97 Å². The number of carbonyl (C=O) groups excluding carboxylic acids is 2. The van der Waals surface area contributed by atoms with Gasteiger partial charge in [0, 0.05) is 24.4 Å². The Morgan fingerprint density at radius 3 is 2.95 bits per heavy atom. The average molecular weight is 280 g/mol. The van der Waals surface area contributed by atoms with E-state index in [1.54, 1.807) is 17.9 Å². The van der Waals surface area contributed by atoms with Crippen molar-refractivity contribution in [2.24, 2.45) is 0 Å². The van der Waals surface area contributed by atoms with Crippen LogP contribution in [-0.4, -0.2) is 35.3 Å². The molecule has 1 aromatic heterocycles. The third kappa shape index (κ3) is 2.89. The van der Waals surface area contributed by atoms with Crippen molar-refractivity contribution in [3.05, 3.63) is 23.5 Å². The monoisotopic (exact) mass is 280 g/mol. The Kier molecular flexibility index (Phi) is 4.09. The molecule has 5 nitrogen and oxygen atoms in total. The summed E-state index contributed by atoms with van der Waals surface area (Å²) in [5, 5.41) is 0.0261. The summed E-state index contributed by atoms with van der Waals surface area (Å²) in [5.41, 5.74) is 1.73. The Morgan fingerprint density at radius 2 is 2.37 bits per heavy atom. The van der Waals surface area contributed by atoms with Gasteiger partial charge in [0.15, 0.2) is 0 Å². The van der Waals surface area contributed by atoms with Gasteiger partial charge in [0.2, 0.25) is 5.91 Å². The van der Waals surface area contributed by atoms with E-state index in [9.17, 15) is 9.59 Å². The third-order valence-corrected chi connectivity index (χ3v) is 3.31. The molecule has 1 saturated heterocycles. The third-order valence-electron chi connectivity index (χ3n) is 2.97. The molecule has 102 valence electrons. The normalized spacial score (nSPS) is 18.8. The van der Waals surface area contributed by atoms with Crippen molar-refractivity contribution >= 4 is 30.2 Å². The highest BCUT2D eigenvalue weighted by molar-refractivity contribution is 7.81. The van der Waals surface area contributed by atoms with Crippen LogP contribution in [0.5, 0.6) is 0 Å². The van der Waals surface area contributed by atoms with E-state index >= 15 is 0 Å². The molecule has 1 aromatic rings.